The molecule has 2 aromatic carbocycles. The molecule has 0 unspecified atom stereocenters. The van der Waals surface area contributed by atoms with Gasteiger partial charge in [-0.2, -0.15) is 0 Å². The minimum Gasteiger partial charge on any atom is -0.325 e. The Balaban J connectivity index is 1.27. The quantitative estimate of drug-likeness (QED) is 0.526. The molecule has 1 saturated heterocycles. The van der Waals surface area contributed by atoms with Crippen LogP contribution in [0.5, 0.6) is 0 Å². The molecule has 1 spiro atoms. The fourth-order valence-corrected chi connectivity index (χ4v) is 5.62. The number of rotatable bonds is 3. The van der Waals surface area contributed by atoms with Crippen molar-refractivity contribution in [3.8, 4) is 0 Å². The lowest BCUT2D eigenvalue weighted by Crippen LogP contribution is -2.48. The molecule has 11 nitrogen and oxygen atoms in total. The highest BCUT2D eigenvalue weighted by Gasteiger charge is 2.54. The summed E-state index contributed by atoms with van der Waals surface area (Å²) in [7, 11) is 3.29. The molecule has 3 aromatic rings. The number of nitrogens with zero attached hydrogens (tertiary/aromatic N) is 4. The van der Waals surface area contributed by atoms with Crippen LogP contribution >= 0.6 is 0 Å². The molecule has 36 heavy (non-hydrogen) atoms. The minimum absolute atomic E-state index is 0.0758. The van der Waals surface area contributed by atoms with Crippen molar-refractivity contribution in [3.05, 3.63) is 57.5 Å². The van der Waals surface area contributed by atoms with Crippen molar-refractivity contribution in [1.82, 2.24) is 19.4 Å². The van der Waals surface area contributed by atoms with Crippen LogP contribution in [-0.4, -0.2) is 57.4 Å². The number of aromatic nitrogens is 2. The Morgan fingerprint density at radius 3 is 2.53 bits per heavy atom. The predicted molar refractivity (Wildman–Crippen MR) is 131 cm³/mol. The van der Waals surface area contributed by atoms with Gasteiger partial charge in [0.05, 0.1) is 16.7 Å². The SMILES string of the molecule is Cc1cc2c3c(c1)n(CC(=O)Nc1ccc4c(c1)C[C@]1(C4)C(=O)NC(=O)N1C)c(=O)n3CC(=O)N2C. The first-order chi connectivity index (χ1) is 17.1. The van der Waals surface area contributed by atoms with Gasteiger partial charge in [-0.05, 0) is 47.9 Å². The Labute approximate surface area is 205 Å². The zero-order chi connectivity index (χ0) is 25.5. The fourth-order valence-electron chi connectivity index (χ4n) is 5.62. The number of amides is 5. The molecule has 1 aliphatic carbocycles. The summed E-state index contributed by atoms with van der Waals surface area (Å²) in [6.45, 7) is 1.58. The summed E-state index contributed by atoms with van der Waals surface area (Å²) in [6, 6.07) is 8.68. The summed E-state index contributed by atoms with van der Waals surface area (Å²) in [5, 5.41) is 5.22. The number of carbonyl (C=O) groups is 4. The summed E-state index contributed by atoms with van der Waals surface area (Å²) < 4.78 is 2.80. The summed E-state index contributed by atoms with van der Waals surface area (Å²) in [6.07, 6.45) is 0.769. The van der Waals surface area contributed by atoms with E-state index in [1.54, 1.807) is 20.2 Å². The first-order valence-electron chi connectivity index (χ1n) is 11.6. The van der Waals surface area contributed by atoms with Gasteiger partial charge in [0.2, 0.25) is 11.8 Å². The standard InChI is InChI=1S/C25H24N6O5/c1-13-6-17-21-18(7-13)30(24(36)31(21)12-20(33)28(17)2)11-19(32)26-16-5-4-14-9-25(10-15(14)8-16)22(34)27-23(35)29(25)3/h4-8H,9-12H2,1-3H3,(H,26,32)(H,27,34,35)/t25-/m1/s1. The molecule has 3 heterocycles. The minimum atomic E-state index is -0.941. The van der Waals surface area contributed by atoms with Crippen LogP contribution in [0.15, 0.2) is 35.1 Å². The number of imidazole rings is 1. The van der Waals surface area contributed by atoms with Crippen molar-refractivity contribution in [2.45, 2.75) is 38.4 Å². The number of nitrogens with one attached hydrogen (secondary N) is 2. The summed E-state index contributed by atoms with van der Waals surface area (Å²) >= 11 is 0. The number of imide groups is 1. The van der Waals surface area contributed by atoms with E-state index >= 15 is 0 Å². The van der Waals surface area contributed by atoms with Gasteiger partial charge < -0.3 is 15.1 Å². The lowest BCUT2D eigenvalue weighted by Gasteiger charge is -2.27. The molecule has 1 aromatic heterocycles. The third-order valence-corrected chi connectivity index (χ3v) is 7.61. The molecule has 0 bridgehead atoms. The molecule has 6 rings (SSSR count). The first kappa shape index (κ1) is 22.1. The van der Waals surface area contributed by atoms with Crippen molar-refractivity contribution in [3.63, 3.8) is 0 Å². The maximum absolute atomic E-state index is 13.1. The van der Waals surface area contributed by atoms with Crippen molar-refractivity contribution in [2.24, 2.45) is 0 Å². The van der Waals surface area contributed by atoms with Crippen LogP contribution in [0.25, 0.3) is 11.0 Å². The molecule has 1 fully saturated rings. The highest BCUT2D eigenvalue weighted by molar-refractivity contribution is 6.08. The van der Waals surface area contributed by atoms with E-state index in [-0.39, 0.29) is 24.9 Å². The van der Waals surface area contributed by atoms with E-state index in [4.69, 9.17) is 0 Å². The molecule has 2 N–H and O–H groups in total. The van der Waals surface area contributed by atoms with Crippen LogP contribution in [-0.2, 0) is 40.3 Å². The molecule has 0 radical (unpaired) electrons. The number of anilines is 2. The van der Waals surface area contributed by atoms with Crippen LogP contribution in [0.4, 0.5) is 16.2 Å². The fraction of sp³-hybridized carbons (Fsp3) is 0.320. The summed E-state index contributed by atoms with van der Waals surface area (Å²) in [4.78, 5) is 66.1. The molecule has 5 amide bonds. The van der Waals surface area contributed by atoms with E-state index in [0.717, 1.165) is 16.7 Å². The molecule has 11 heteroatoms. The Morgan fingerprint density at radius 2 is 1.81 bits per heavy atom. The van der Waals surface area contributed by atoms with Crippen LogP contribution in [0.1, 0.15) is 16.7 Å². The zero-order valence-corrected chi connectivity index (χ0v) is 20.0. The Morgan fingerprint density at radius 1 is 1.06 bits per heavy atom. The van der Waals surface area contributed by atoms with Gasteiger partial charge in [0.1, 0.15) is 18.6 Å². The van der Waals surface area contributed by atoms with Crippen LogP contribution in [0, 0.1) is 6.92 Å². The van der Waals surface area contributed by atoms with E-state index in [9.17, 15) is 24.0 Å². The van der Waals surface area contributed by atoms with Gasteiger partial charge in [0.25, 0.3) is 5.91 Å². The van der Waals surface area contributed by atoms with Crippen molar-refractivity contribution in [2.75, 3.05) is 24.3 Å². The lowest BCUT2D eigenvalue weighted by atomic mass is 9.95. The number of fused-ring (bicyclic) bond motifs is 1. The van der Waals surface area contributed by atoms with Gasteiger partial charge in [0, 0.05) is 32.6 Å². The largest absolute Gasteiger partial charge is 0.330 e. The number of carbonyl (C=O) groups excluding carboxylic acids is 4. The van der Waals surface area contributed by atoms with Gasteiger partial charge in [-0.25, -0.2) is 9.59 Å². The van der Waals surface area contributed by atoms with Gasteiger partial charge in [-0.1, -0.05) is 6.07 Å². The van der Waals surface area contributed by atoms with Gasteiger partial charge in [-0.3, -0.25) is 28.8 Å². The third kappa shape index (κ3) is 2.95. The van der Waals surface area contributed by atoms with E-state index < -0.39 is 23.2 Å². The maximum Gasteiger partial charge on any atom is 0.330 e. The van der Waals surface area contributed by atoms with E-state index in [1.807, 2.05) is 31.2 Å². The van der Waals surface area contributed by atoms with E-state index in [2.05, 4.69) is 10.6 Å². The number of hydrogen-bond acceptors (Lipinski definition) is 5. The molecule has 2 aliphatic heterocycles. The topological polar surface area (TPSA) is 126 Å². The second-order valence-corrected chi connectivity index (χ2v) is 9.79. The molecular formula is C25H24N6O5. The van der Waals surface area contributed by atoms with Crippen molar-refractivity contribution < 1.29 is 19.2 Å². The van der Waals surface area contributed by atoms with Crippen LogP contribution < -0.4 is 21.2 Å². The van der Waals surface area contributed by atoms with Crippen LogP contribution in [0.3, 0.4) is 0 Å². The lowest BCUT2D eigenvalue weighted by molar-refractivity contribution is -0.126. The smallest absolute Gasteiger partial charge is 0.325 e. The molecular weight excluding hydrogens is 464 g/mol. The van der Waals surface area contributed by atoms with E-state index in [0.29, 0.717) is 35.2 Å². The van der Waals surface area contributed by atoms with Crippen LogP contribution in [0.2, 0.25) is 0 Å². The van der Waals surface area contributed by atoms with Gasteiger partial charge in [-0.15, -0.1) is 0 Å². The van der Waals surface area contributed by atoms with Crippen molar-refractivity contribution >= 4 is 46.2 Å². The Kier molecular flexibility index (Phi) is 4.47. The summed E-state index contributed by atoms with van der Waals surface area (Å²) in [5.74, 6) is -0.904. The number of likely N-dealkylation sites (N-methyl/N-ethyl adjacent to an activating group) is 2. The molecule has 3 aliphatic rings. The van der Waals surface area contributed by atoms with Crippen molar-refractivity contribution in [1.29, 1.82) is 0 Å². The molecule has 184 valence electrons. The average Bonchev–Trinajstić information content (AvgIpc) is 3.40. The highest BCUT2D eigenvalue weighted by atomic mass is 16.2. The number of aryl methyl sites for hydroxylation is 1. The second kappa shape index (κ2) is 7.30. The normalized spacial score (nSPS) is 20.5. The number of hydrogen-bond donors (Lipinski definition) is 2. The molecule has 1 atom stereocenters. The number of benzene rings is 2. The predicted octanol–water partition coefficient (Wildman–Crippen LogP) is 0.746. The second-order valence-electron chi connectivity index (χ2n) is 9.79. The monoisotopic (exact) mass is 488 g/mol. The van der Waals surface area contributed by atoms with Gasteiger partial charge in [0.15, 0.2) is 0 Å². The average molecular weight is 489 g/mol. The Hall–Kier alpha value is -4.41. The summed E-state index contributed by atoms with van der Waals surface area (Å²) in [5.41, 5.74) is 3.76. The maximum atomic E-state index is 13.1. The highest BCUT2D eigenvalue weighted by Crippen LogP contribution is 2.38. The number of urea groups is 1. The molecule has 0 saturated carbocycles. The van der Waals surface area contributed by atoms with E-state index in [1.165, 1.54) is 18.9 Å². The van der Waals surface area contributed by atoms with Gasteiger partial charge >= 0.3 is 11.7 Å². The Bertz CT molecular complexity index is 1600. The third-order valence-electron chi connectivity index (χ3n) is 7.61. The zero-order valence-electron chi connectivity index (χ0n) is 20.0. The first-order valence-corrected chi connectivity index (χ1v) is 11.6.